The predicted molar refractivity (Wildman–Crippen MR) is 75.0 cm³/mol. The minimum atomic E-state index is -3.21. The van der Waals surface area contributed by atoms with Crippen molar-refractivity contribution in [3.8, 4) is 5.75 Å². The van der Waals surface area contributed by atoms with Crippen LogP contribution in [0.5, 0.6) is 5.75 Å². The predicted octanol–water partition coefficient (Wildman–Crippen LogP) is 2.41. The molecule has 0 aromatic heterocycles. The van der Waals surface area contributed by atoms with Gasteiger partial charge < -0.3 is 10.4 Å². The zero-order chi connectivity index (χ0) is 13.9. The van der Waals surface area contributed by atoms with Crippen molar-refractivity contribution in [1.29, 1.82) is 0 Å². The molecule has 0 spiro atoms. The van der Waals surface area contributed by atoms with Gasteiger partial charge in [-0.25, -0.2) is 8.42 Å². The van der Waals surface area contributed by atoms with Crippen LogP contribution in [0.25, 0.3) is 0 Å². The topological polar surface area (TPSA) is 66.4 Å². The second kappa shape index (κ2) is 5.32. The van der Waals surface area contributed by atoms with Gasteiger partial charge in [-0.2, -0.15) is 0 Å². The van der Waals surface area contributed by atoms with Crippen molar-refractivity contribution in [2.75, 3.05) is 11.6 Å². The van der Waals surface area contributed by atoms with Gasteiger partial charge in [0, 0.05) is 24.1 Å². The summed E-state index contributed by atoms with van der Waals surface area (Å²) in [6.45, 7) is 0.430. The van der Waals surface area contributed by atoms with Gasteiger partial charge in [0.2, 0.25) is 0 Å². The summed E-state index contributed by atoms with van der Waals surface area (Å²) in [4.78, 5) is 0.273. The number of anilines is 1. The molecule has 2 N–H and O–H groups in total. The van der Waals surface area contributed by atoms with Crippen molar-refractivity contribution in [2.24, 2.45) is 0 Å². The largest absolute Gasteiger partial charge is 0.508 e. The standard InChI is InChI=1S/C14H15NO3S/c1-19(17,18)13-7-4-6-12(9-13)15-10-11-5-2-3-8-14(11)16/h2-9,15-16H,10H2,1H3. The van der Waals surface area contributed by atoms with E-state index in [1.54, 1.807) is 36.4 Å². The third-order valence-electron chi connectivity index (χ3n) is 2.74. The Hall–Kier alpha value is -2.01. The molecular formula is C14H15NO3S. The zero-order valence-electron chi connectivity index (χ0n) is 10.5. The summed E-state index contributed by atoms with van der Waals surface area (Å²) in [6, 6.07) is 13.6. The van der Waals surface area contributed by atoms with E-state index >= 15 is 0 Å². The summed E-state index contributed by atoms with van der Waals surface area (Å²) < 4.78 is 22.9. The van der Waals surface area contributed by atoms with Gasteiger partial charge in [-0.1, -0.05) is 24.3 Å². The van der Waals surface area contributed by atoms with Crippen LogP contribution in [0.1, 0.15) is 5.56 Å². The number of para-hydroxylation sites is 1. The molecule has 2 aromatic rings. The fourth-order valence-corrected chi connectivity index (χ4v) is 2.36. The van der Waals surface area contributed by atoms with Crippen molar-refractivity contribution in [3.63, 3.8) is 0 Å². The van der Waals surface area contributed by atoms with Crippen molar-refractivity contribution >= 4 is 15.5 Å². The summed E-state index contributed by atoms with van der Waals surface area (Å²) in [6.07, 6.45) is 1.18. The van der Waals surface area contributed by atoms with Gasteiger partial charge in [0.1, 0.15) is 5.75 Å². The molecule has 0 aliphatic heterocycles. The Bertz CT molecular complexity index is 681. The number of aromatic hydroxyl groups is 1. The summed E-state index contributed by atoms with van der Waals surface area (Å²) in [5, 5.41) is 12.7. The Morgan fingerprint density at radius 2 is 1.84 bits per heavy atom. The van der Waals surface area contributed by atoms with E-state index in [1.807, 2.05) is 12.1 Å². The van der Waals surface area contributed by atoms with Crippen molar-refractivity contribution in [3.05, 3.63) is 54.1 Å². The molecule has 2 aromatic carbocycles. The van der Waals surface area contributed by atoms with Crippen LogP contribution < -0.4 is 5.32 Å². The molecule has 0 aliphatic carbocycles. The number of sulfone groups is 1. The number of phenols is 1. The Kier molecular flexibility index (Phi) is 3.76. The molecule has 0 bridgehead atoms. The van der Waals surface area contributed by atoms with E-state index < -0.39 is 9.84 Å². The first-order valence-corrected chi connectivity index (χ1v) is 7.67. The molecule has 0 amide bonds. The first-order chi connectivity index (χ1) is 8.97. The molecule has 0 radical (unpaired) electrons. The summed E-state index contributed by atoms with van der Waals surface area (Å²) in [5.41, 5.74) is 1.46. The van der Waals surface area contributed by atoms with Gasteiger partial charge in [-0.05, 0) is 24.3 Å². The smallest absolute Gasteiger partial charge is 0.175 e. The molecule has 4 nitrogen and oxygen atoms in total. The van der Waals surface area contributed by atoms with E-state index in [2.05, 4.69) is 5.32 Å². The lowest BCUT2D eigenvalue weighted by Gasteiger charge is -2.09. The van der Waals surface area contributed by atoms with Gasteiger partial charge in [0.25, 0.3) is 0 Å². The van der Waals surface area contributed by atoms with Crippen LogP contribution in [0, 0.1) is 0 Å². The lowest BCUT2D eigenvalue weighted by molar-refractivity contribution is 0.469. The highest BCUT2D eigenvalue weighted by atomic mass is 32.2. The molecule has 19 heavy (non-hydrogen) atoms. The average Bonchev–Trinajstić information content (AvgIpc) is 2.37. The van der Waals surface area contributed by atoms with E-state index in [4.69, 9.17) is 0 Å². The molecule has 5 heteroatoms. The quantitative estimate of drug-likeness (QED) is 0.900. The van der Waals surface area contributed by atoms with E-state index in [0.717, 1.165) is 5.56 Å². The van der Waals surface area contributed by atoms with E-state index in [1.165, 1.54) is 6.26 Å². The minimum Gasteiger partial charge on any atom is -0.508 e. The van der Waals surface area contributed by atoms with Crippen LogP contribution in [0.2, 0.25) is 0 Å². The lowest BCUT2D eigenvalue weighted by Crippen LogP contribution is -2.02. The molecular weight excluding hydrogens is 262 g/mol. The van der Waals surface area contributed by atoms with Gasteiger partial charge in [-0.3, -0.25) is 0 Å². The summed E-state index contributed by atoms with van der Waals surface area (Å²) in [7, 11) is -3.21. The van der Waals surface area contributed by atoms with Crippen LogP contribution in [0.4, 0.5) is 5.69 Å². The van der Waals surface area contributed by atoms with E-state index in [0.29, 0.717) is 12.2 Å². The van der Waals surface area contributed by atoms with Crippen LogP contribution in [-0.4, -0.2) is 19.8 Å². The Balaban J connectivity index is 2.15. The average molecular weight is 277 g/mol. The number of hydrogen-bond donors (Lipinski definition) is 2. The van der Waals surface area contributed by atoms with Gasteiger partial charge >= 0.3 is 0 Å². The third kappa shape index (κ3) is 3.48. The number of rotatable bonds is 4. The summed E-state index contributed by atoms with van der Waals surface area (Å²) >= 11 is 0. The molecule has 0 saturated heterocycles. The maximum atomic E-state index is 11.4. The SMILES string of the molecule is CS(=O)(=O)c1cccc(NCc2ccccc2O)c1. The number of benzene rings is 2. The molecule has 0 heterocycles. The number of hydrogen-bond acceptors (Lipinski definition) is 4. The fourth-order valence-electron chi connectivity index (χ4n) is 1.69. The highest BCUT2D eigenvalue weighted by molar-refractivity contribution is 7.90. The van der Waals surface area contributed by atoms with Crippen LogP contribution >= 0.6 is 0 Å². The van der Waals surface area contributed by atoms with Gasteiger partial charge in [-0.15, -0.1) is 0 Å². The van der Waals surface area contributed by atoms with E-state index in [9.17, 15) is 13.5 Å². The molecule has 0 fully saturated rings. The highest BCUT2D eigenvalue weighted by Crippen LogP contribution is 2.19. The summed E-state index contributed by atoms with van der Waals surface area (Å²) in [5.74, 6) is 0.217. The Morgan fingerprint density at radius 3 is 2.53 bits per heavy atom. The van der Waals surface area contributed by atoms with Crippen LogP contribution in [0.15, 0.2) is 53.4 Å². The fraction of sp³-hybridized carbons (Fsp3) is 0.143. The maximum Gasteiger partial charge on any atom is 0.175 e. The first kappa shape index (κ1) is 13.4. The first-order valence-electron chi connectivity index (χ1n) is 5.78. The van der Waals surface area contributed by atoms with Crippen LogP contribution in [0.3, 0.4) is 0 Å². The van der Waals surface area contributed by atoms with Crippen LogP contribution in [-0.2, 0) is 16.4 Å². The highest BCUT2D eigenvalue weighted by Gasteiger charge is 2.07. The van der Waals surface area contributed by atoms with Crippen molar-refractivity contribution in [1.82, 2.24) is 0 Å². The van der Waals surface area contributed by atoms with E-state index in [-0.39, 0.29) is 10.6 Å². The van der Waals surface area contributed by atoms with Crippen molar-refractivity contribution in [2.45, 2.75) is 11.4 Å². The second-order valence-corrected chi connectivity index (χ2v) is 6.30. The third-order valence-corrected chi connectivity index (χ3v) is 3.85. The Morgan fingerprint density at radius 1 is 1.11 bits per heavy atom. The van der Waals surface area contributed by atoms with Gasteiger partial charge in [0.15, 0.2) is 9.84 Å². The monoisotopic (exact) mass is 277 g/mol. The molecule has 0 unspecified atom stereocenters. The Labute approximate surface area is 112 Å². The number of nitrogens with one attached hydrogen (secondary N) is 1. The molecule has 0 saturated carbocycles. The normalized spacial score (nSPS) is 11.2. The lowest BCUT2D eigenvalue weighted by atomic mass is 10.2. The molecule has 100 valence electrons. The molecule has 0 aliphatic rings. The van der Waals surface area contributed by atoms with Crippen molar-refractivity contribution < 1.29 is 13.5 Å². The van der Waals surface area contributed by atoms with Gasteiger partial charge in [0.05, 0.1) is 4.90 Å². The molecule has 2 rings (SSSR count). The number of phenolic OH excluding ortho intramolecular Hbond substituents is 1. The molecule has 0 atom stereocenters. The zero-order valence-corrected chi connectivity index (χ0v) is 11.3. The minimum absolute atomic E-state index is 0.217. The second-order valence-electron chi connectivity index (χ2n) is 4.28. The maximum absolute atomic E-state index is 11.4.